The molecule has 0 aliphatic carbocycles. The second-order valence-corrected chi connectivity index (χ2v) is 6.42. The van der Waals surface area contributed by atoms with E-state index in [0.29, 0.717) is 9.33 Å². The Labute approximate surface area is 122 Å². The molecule has 0 aliphatic heterocycles. The molecule has 0 saturated carbocycles. The van der Waals surface area contributed by atoms with E-state index in [-0.39, 0.29) is 12.1 Å². The Morgan fingerprint density at radius 3 is 2.40 bits per heavy atom. The molecule has 0 spiro atoms. The van der Waals surface area contributed by atoms with Gasteiger partial charge in [-0.2, -0.15) is 5.26 Å². The molecule has 0 aliphatic rings. The van der Waals surface area contributed by atoms with Crippen LogP contribution in [-0.4, -0.2) is 31.3 Å². The highest BCUT2D eigenvalue weighted by atomic mass is 35.5. The third-order valence-corrected chi connectivity index (χ3v) is 4.94. The fourth-order valence-electron chi connectivity index (χ4n) is 1.58. The summed E-state index contributed by atoms with van der Waals surface area (Å²) < 4.78 is 25.4. The van der Waals surface area contributed by atoms with Gasteiger partial charge in [0.1, 0.15) is 6.54 Å². The molecule has 20 heavy (non-hydrogen) atoms. The van der Waals surface area contributed by atoms with Crippen molar-refractivity contribution in [2.24, 2.45) is 0 Å². The third-order valence-electron chi connectivity index (χ3n) is 2.57. The predicted molar refractivity (Wildman–Crippen MR) is 75.0 cm³/mol. The monoisotopic (exact) mass is 316 g/mol. The lowest BCUT2D eigenvalue weighted by Gasteiger charge is -2.24. The third kappa shape index (κ3) is 3.62. The van der Waals surface area contributed by atoms with Crippen LogP contribution in [0.4, 0.5) is 5.69 Å². The minimum absolute atomic E-state index is 0.0720. The summed E-state index contributed by atoms with van der Waals surface area (Å²) >= 11 is 5.72. The maximum atomic E-state index is 12.3. The van der Waals surface area contributed by atoms with Gasteiger partial charge in [0.25, 0.3) is 10.0 Å². The van der Waals surface area contributed by atoms with Crippen molar-refractivity contribution in [3.8, 4) is 6.07 Å². The van der Waals surface area contributed by atoms with Crippen molar-refractivity contribution in [1.29, 1.82) is 5.26 Å². The summed E-state index contributed by atoms with van der Waals surface area (Å²) in [6.07, 6.45) is 0.0720. The number of aliphatic carboxylic acids is 1. The summed E-state index contributed by atoms with van der Waals surface area (Å²) in [6.45, 7) is 0.800. The Kier molecular flexibility index (Phi) is 5.36. The highest BCUT2D eigenvalue weighted by molar-refractivity contribution is 7.93. The quantitative estimate of drug-likeness (QED) is 0.863. The zero-order valence-corrected chi connectivity index (χ0v) is 12.2. The highest BCUT2D eigenvalue weighted by Crippen LogP contribution is 2.23. The molecule has 1 atom stereocenters. The number of anilines is 1. The normalized spacial score (nSPS) is 12.4. The van der Waals surface area contributed by atoms with Crippen LogP contribution < -0.4 is 4.31 Å². The van der Waals surface area contributed by atoms with Crippen LogP contribution in [0.3, 0.4) is 0 Å². The number of sulfonamides is 1. The summed E-state index contributed by atoms with van der Waals surface area (Å²) in [4.78, 5) is 10.9. The molecule has 0 aromatic heterocycles. The first-order valence-corrected chi connectivity index (χ1v) is 7.59. The molecule has 1 unspecified atom stereocenters. The molecular formula is C12H13ClN2O4S. The van der Waals surface area contributed by atoms with Crippen LogP contribution >= 0.6 is 11.6 Å². The number of nitriles is 1. The minimum Gasteiger partial charge on any atom is -0.480 e. The SMILES string of the molecule is CCC(C#N)S(=O)(=O)N(CC(=O)O)c1ccc(Cl)cc1. The topological polar surface area (TPSA) is 98.5 Å². The molecule has 0 amide bonds. The number of carboxylic acid groups (broad SMARTS) is 1. The van der Waals surface area contributed by atoms with Crippen molar-refractivity contribution in [2.75, 3.05) is 10.8 Å². The first kappa shape index (κ1) is 16.3. The van der Waals surface area contributed by atoms with E-state index < -0.39 is 27.8 Å². The largest absolute Gasteiger partial charge is 0.480 e. The van der Waals surface area contributed by atoms with Gasteiger partial charge in [-0.15, -0.1) is 0 Å². The maximum absolute atomic E-state index is 12.3. The van der Waals surface area contributed by atoms with E-state index in [1.807, 2.05) is 0 Å². The van der Waals surface area contributed by atoms with Gasteiger partial charge in [0.15, 0.2) is 5.25 Å². The Balaban J connectivity index is 3.29. The first-order valence-electron chi connectivity index (χ1n) is 5.71. The zero-order chi connectivity index (χ0) is 15.3. The molecule has 1 N–H and O–H groups in total. The van der Waals surface area contributed by atoms with Crippen molar-refractivity contribution in [2.45, 2.75) is 18.6 Å². The summed E-state index contributed by atoms with van der Waals surface area (Å²) in [5, 5.41) is 16.9. The van der Waals surface area contributed by atoms with E-state index in [9.17, 15) is 13.2 Å². The Morgan fingerprint density at radius 1 is 1.45 bits per heavy atom. The fourth-order valence-corrected chi connectivity index (χ4v) is 3.27. The molecule has 0 bridgehead atoms. The molecule has 108 valence electrons. The van der Waals surface area contributed by atoms with Gasteiger partial charge < -0.3 is 5.11 Å². The maximum Gasteiger partial charge on any atom is 0.324 e. The van der Waals surface area contributed by atoms with Gasteiger partial charge in [0.2, 0.25) is 0 Å². The highest BCUT2D eigenvalue weighted by Gasteiger charge is 2.32. The van der Waals surface area contributed by atoms with Crippen molar-refractivity contribution in [3.63, 3.8) is 0 Å². The van der Waals surface area contributed by atoms with Gasteiger partial charge >= 0.3 is 5.97 Å². The second kappa shape index (κ2) is 6.59. The standard InChI is InChI=1S/C12H13ClN2O4S/c1-2-11(7-14)20(18,19)15(8-12(16)17)10-5-3-9(13)4-6-10/h3-6,11H,2,8H2,1H3,(H,16,17). The fraction of sp³-hybridized carbons (Fsp3) is 0.333. The lowest BCUT2D eigenvalue weighted by molar-refractivity contribution is -0.135. The number of carboxylic acids is 1. The average molecular weight is 317 g/mol. The van der Waals surface area contributed by atoms with Crippen LogP contribution in [0.15, 0.2) is 24.3 Å². The van der Waals surface area contributed by atoms with Crippen LogP contribution in [0.2, 0.25) is 5.02 Å². The van der Waals surface area contributed by atoms with Gasteiger partial charge in [-0.05, 0) is 30.7 Å². The Bertz CT molecular complexity index is 622. The van der Waals surface area contributed by atoms with Crippen molar-refractivity contribution < 1.29 is 18.3 Å². The Hall–Kier alpha value is -1.78. The van der Waals surface area contributed by atoms with Crippen molar-refractivity contribution in [1.82, 2.24) is 0 Å². The van der Waals surface area contributed by atoms with Crippen molar-refractivity contribution in [3.05, 3.63) is 29.3 Å². The number of nitrogens with zero attached hydrogens (tertiary/aromatic N) is 2. The predicted octanol–water partition coefficient (Wildman–Crippen LogP) is 1.86. The van der Waals surface area contributed by atoms with Crippen LogP contribution in [0.1, 0.15) is 13.3 Å². The molecule has 0 saturated heterocycles. The number of carbonyl (C=O) groups is 1. The van der Waals surface area contributed by atoms with E-state index in [1.165, 1.54) is 24.3 Å². The zero-order valence-electron chi connectivity index (χ0n) is 10.7. The second-order valence-electron chi connectivity index (χ2n) is 3.95. The molecule has 0 radical (unpaired) electrons. The number of rotatable bonds is 6. The van der Waals surface area contributed by atoms with Crippen LogP contribution in [0, 0.1) is 11.3 Å². The molecule has 8 heteroatoms. The average Bonchev–Trinajstić information content (AvgIpc) is 2.38. The molecule has 1 aromatic rings. The number of hydrogen-bond donors (Lipinski definition) is 1. The van der Waals surface area contributed by atoms with E-state index in [4.69, 9.17) is 22.0 Å². The molecule has 0 heterocycles. The first-order chi connectivity index (χ1) is 9.32. The lowest BCUT2D eigenvalue weighted by Crippen LogP contribution is -2.41. The minimum atomic E-state index is -4.08. The summed E-state index contributed by atoms with van der Waals surface area (Å²) in [5.74, 6) is -1.31. The molecule has 1 aromatic carbocycles. The van der Waals surface area contributed by atoms with E-state index in [2.05, 4.69) is 0 Å². The summed E-state index contributed by atoms with van der Waals surface area (Å²) in [7, 11) is -4.08. The smallest absolute Gasteiger partial charge is 0.324 e. The molecule has 1 rings (SSSR count). The lowest BCUT2D eigenvalue weighted by atomic mass is 10.3. The van der Waals surface area contributed by atoms with E-state index in [0.717, 1.165) is 0 Å². The number of benzene rings is 1. The molecule has 6 nitrogen and oxygen atoms in total. The van der Waals surface area contributed by atoms with Gasteiger partial charge in [-0.3, -0.25) is 9.10 Å². The van der Waals surface area contributed by atoms with Crippen LogP contribution in [0.5, 0.6) is 0 Å². The molecule has 0 fully saturated rings. The van der Waals surface area contributed by atoms with Gasteiger partial charge in [-0.25, -0.2) is 8.42 Å². The number of halogens is 1. The molecular weight excluding hydrogens is 304 g/mol. The summed E-state index contributed by atoms with van der Waals surface area (Å²) in [5.41, 5.74) is 0.158. The Morgan fingerprint density at radius 2 is 2.00 bits per heavy atom. The summed E-state index contributed by atoms with van der Waals surface area (Å²) in [6, 6.07) is 7.38. The van der Waals surface area contributed by atoms with E-state index >= 15 is 0 Å². The van der Waals surface area contributed by atoms with Crippen molar-refractivity contribution >= 4 is 33.3 Å². The van der Waals surface area contributed by atoms with Crippen LogP contribution in [0.25, 0.3) is 0 Å². The van der Waals surface area contributed by atoms with Gasteiger partial charge in [-0.1, -0.05) is 18.5 Å². The van der Waals surface area contributed by atoms with Gasteiger partial charge in [0.05, 0.1) is 11.8 Å². The number of hydrogen-bond acceptors (Lipinski definition) is 4. The van der Waals surface area contributed by atoms with Crippen LogP contribution in [-0.2, 0) is 14.8 Å². The van der Waals surface area contributed by atoms with E-state index in [1.54, 1.807) is 13.0 Å². The van der Waals surface area contributed by atoms with Gasteiger partial charge in [0, 0.05) is 5.02 Å².